The van der Waals surface area contributed by atoms with Crippen LogP contribution < -0.4 is 20.1 Å². The molecule has 2 rings (SSSR count). The summed E-state index contributed by atoms with van der Waals surface area (Å²) < 4.78 is 11.5. The van der Waals surface area contributed by atoms with Crippen molar-refractivity contribution < 1.29 is 14.3 Å². The Bertz CT molecular complexity index is 731. The van der Waals surface area contributed by atoms with E-state index in [4.69, 9.17) is 9.47 Å². The second-order valence-electron chi connectivity index (χ2n) is 7.00. The fourth-order valence-corrected chi connectivity index (χ4v) is 2.73. The first-order valence-corrected chi connectivity index (χ1v) is 10.1. The first-order chi connectivity index (χ1) is 13.6. The van der Waals surface area contributed by atoms with Gasteiger partial charge in [0.1, 0.15) is 11.5 Å². The topological polar surface area (TPSA) is 59.6 Å². The summed E-state index contributed by atoms with van der Waals surface area (Å²) in [6, 6.07) is 15.1. The summed E-state index contributed by atoms with van der Waals surface area (Å²) in [4.78, 5) is 12.3. The molecule has 152 valence electrons. The summed E-state index contributed by atoms with van der Waals surface area (Å²) in [5, 5.41) is 6.04. The highest BCUT2D eigenvalue weighted by atomic mass is 16.5. The van der Waals surface area contributed by atoms with E-state index in [1.807, 2.05) is 62.4 Å². The lowest BCUT2D eigenvalue weighted by Gasteiger charge is -2.15. The van der Waals surface area contributed by atoms with Crippen molar-refractivity contribution in [3.63, 3.8) is 0 Å². The Balaban J connectivity index is 1.82. The standard InChI is InChI=1S/C23H32N2O3/c1-4-5-6-9-15-27-20-12-10-11-19(16-20)25-23(26)17-24-21-13-7-8-14-22(21)28-18(2)3/h7-8,10-14,16,18,24H,4-6,9,15,17H2,1-3H3,(H,25,26). The molecule has 5 nitrogen and oxygen atoms in total. The van der Waals surface area contributed by atoms with Gasteiger partial charge in [-0.3, -0.25) is 4.79 Å². The number of unbranched alkanes of at least 4 members (excludes halogenated alkanes) is 3. The van der Waals surface area contributed by atoms with Crippen molar-refractivity contribution in [1.82, 2.24) is 0 Å². The Kier molecular flexibility index (Phi) is 9.19. The molecule has 0 bridgehead atoms. The predicted octanol–water partition coefficient (Wildman–Crippen LogP) is 5.48. The van der Waals surface area contributed by atoms with Gasteiger partial charge in [0.25, 0.3) is 0 Å². The zero-order valence-corrected chi connectivity index (χ0v) is 17.2. The molecule has 2 aromatic carbocycles. The molecule has 0 spiro atoms. The smallest absolute Gasteiger partial charge is 0.243 e. The van der Waals surface area contributed by atoms with Crippen LogP contribution in [0.3, 0.4) is 0 Å². The van der Waals surface area contributed by atoms with Crippen molar-refractivity contribution in [3.8, 4) is 11.5 Å². The van der Waals surface area contributed by atoms with Crippen LogP contribution in [-0.4, -0.2) is 25.2 Å². The van der Waals surface area contributed by atoms with Gasteiger partial charge in [0.15, 0.2) is 0 Å². The van der Waals surface area contributed by atoms with Crippen LogP contribution in [0, 0.1) is 0 Å². The van der Waals surface area contributed by atoms with Crippen LogP contribution >= 0.6 is 0 Å². The quantitative estimate of drug-likeness (QED) is 0.476. The van der Waals surface area contributed by atoms with Crippen LogP contribution in [-0.2, 0) is 4.79 Å². The summed E-state index contributed by atoms with van der Waals surface area (Å²) in [5.41, 5.74) is 1.53. The largest absolute Gasteiger partial charge is 0.494 e. The number of ether oxygens (including phenoxy) is 2. The zero-order valence-electron chi connectivity index (χ0n) is 17.2. The summed E-state index contributed by atoms with van der Waals surface area (Å²) in [6.07, 6.45) is 4.75. The number of nitrogens with one attached hydrogen (secondary N) is 2. The maximum atomic E-state index is 12.3. The molecule has 1 amide bonds. The van der Waals surface area contributed by atoms with Gasteiger partial charge in [-0.25, -0.2) is 0 Å². The van der Waals surface area contributed by atoms with Gasteiger partial charge in [-0.05, 0) is 44.5 Å². The van der Waals surface area contributed by atoms with Crippen molar-refractivity contribution in [2.75, 3.05) is 23.8 Å². The molecule has 28 heavy (non-hydrogen) atoms. The van der Waals surface area contributed by atoms with E-state index in [0.29, 0.717) is 6.61 Å². The molecule has 0 unspecified atom stereocenters. The van der Waals surface area contributed by atoms with Crippen molar-refractivity contribution >= 4 is 17.3 Å². The lowest BCUT2D eigenvalue weighted by Crippen LogP contribution is -2.22. The number of hydrogen-bond donors (Lipinski definition) is 2. The van der Waals surface area contributed by atoms with E-state index in [1.54, 1.807) is 0 Å². The highest BCUT2D eigenvalue weighted by molar-refractivity contribution is 5.94. The summed E-state index contributed by atoms with van der Waals surface area (Å²) >= 11 is 0. The molecule has 0 radical (unpaired) electrons. The van der Waals surface area contributed by atoms with Crippen LogP contribution in [0.5, 0.6) is 11.5 Å². The number of anilines is 2. The van der Waals surface area contributed by atoms with Crippen molar-refractivity contribution in [2.45, 2.75) is 52.6 Å². The Morgan fingerprint density at radius 3 is 2.64 bits per heavy atom. The van der Waals surface area contributed by atoms with Crippen LogP contribution in [0.2, 0.25) is 0 Å². The number of carbonyl (C=O) groups excluding carboxylic acids is 1. The molecule has 0 atom stereocenters. The van der Waals surface area contributed by atoms with Crippen LogP contribution in [0.4, 0.5) is 11.4 Å². The molecule has 5 heteroatoms. The summed E-state index contributed by atoms with van der Waals surface area (Å²) in [6.45, 7) is 6.99. The van der Waals surface area contributed by atoms with E-state index in [0.717, 1.165) is 29.3 Å². The van der Waals surface area contributed by atoms with Gasteiger partial charge in [0.05, 0.1) is 24.9 Å². The molecular weight excluding hydrogens is 352 g/mol. The average Bonchev–Trinajstić information content (AvgIpc) is 2.67. The van der Waals surface area contributed by atoms with E-state index >= 15 is 0 Å². The normalized spacial score (nSPS) is 10.6. The fraction of sp³-hybridized carbons (Fsp3) is 0.435. The third-order valence-electron chi connectivity index (χ3n) is 4.07. The Labute approximate surface area is 168 Å². The highest BCUT2D eigenvalue weighted by Crippen LogP contribution is 2.24. The Morgan fingerprint density at radius 2 is 1.86 bits per heavy atom. The van der Waals surface area contributed by atoms with Crippen LogP contribution in [0.15, 0.2) is 48.5 Å². The molecule has 0 aliphatic heterocycles. The molecule has 0 saturated heterocycles. The third kappa shape index (κ3) is 7.91. The Hall–Kier alpha value is -2.69. The minimum absolute atomic E-state index is 0.0708. The molecule has 0 aliphatic rings. The predicted molar refractivity (Wildman–Crippen MR) is 115 cm³/mol. The number of para-hydroxylation sites is 2. The molecule has 2 aromatic rings. The second kappa shape index (κ2) is 11.9. The molecule has 0 aliphatic carbocycles. The van der Waals surface area contributed by atoms with E-state index in [-0.39, 0.29) is 18.6 Å². The average molecular weight is 385 g/mol. The van der Waals surface area contributed by atoms with E-state index < -0.39 is 0 Å². The van der Waals surface area contributed by atoms with Crippen molar-refractivity contribution in [2.24, 2.45) is 0 Å². The molecule has 0 heterocycles. The summed E-state index contributed by atoms with van der Waals surface area (Å²) in [5.74, 6) is 1.39. The van der Waals surface area contributed by atoms with Crippen LogP contribution in [0.25, 0.3) is 0 Å². The monoisotopic (exact) mass is 384 g/mol. The van der Waals surface area contributed by atoms with Gasteiger partial charge in [-0.15, -0.1) is 0 Å². The number of hydrogen-bond acceptors (Lipinski definition) is 4. The second-order valence-corrected chi connectivity index (χ2v) is 7.00. The van der Waals surface area contributed by atoms with Gasteiger partial charge in [-0.1, -0.05) is 44.4 Å². The van der Waals surface area contributed by atoms with E-state index in [2.05, 4.69) is 17.6 Å². The van der Waals surface area contributed by atoms with Gasteiger partial charge < -0.3 is 20.1 Å². The SMILES string of the molecule is CCCCCCOc1cccc(NC(=O)CNc2ccccc2OC(C)C)c1. The van der Waals surface area contributed by atoms with Gasteiger partial charge in [0.2, 0.25) is 5.91 Å². The minimum Gasteiger partial charge on any atom is -0.494 e. The first-order valence-electron chi connectivity index (χ1n) is 10.1. The zero-order chi connectivity index (χ0) is 20.2. The maximum Gasteiger partial charge on any atom is 0.243 e. The van der Waals surface area contributed by atoms with Gasteiger partial charge in [0, 0.05) is 11.8 Å². The molecule has 0 aromatic heterocycles. The van der Waals surface area contributed by atoms with Crippen LogP contribution in [0.1, 0.15) is 46.5 Å². The maximum absolute atomic E-state index is 12.3. The van der Waals surface area contributed by atoms with E-state index in [9.17, 15) is 4.79 Å². The number of rotatable bonds is 12. The molecule has 2 N–H and O–H groups in total. The number of amides is 1. The van der Waals surface area contributed by atoms with Gasteiger partial charge >= 0.3 is 0 Å². The minimum atomic E-state index is -0.126. The fourth-order valence-electron chi connectivity index (χ4n) is 2.73. The van der Waals surface area contributed by atoms with Crippen molar-refractivity contribution in [3.05, 3.63) is 48.5 Å². The number of carbonyl (C=O) groups is 1. The Morgan fingerprint density at radius 1 is 1.04 bits per heavy atom. The van der Waals surface area contributed by atoms with Crippen molar-refractivity contribution in [1.29, 1.82) is 0 Å². The molecule has 0 fully saturated rings. The third-order valence-corrected chi connectivity index (χ3v) is 4.07. The number of benzene rings is 2. The molecule has 0 saturated carbocycles. The summed E-state index contributed by atoms with van der Waals surface area (Å²) in [7, 11) is 0. The lowest BCUT2D eigenvalue weighted by molar-refractivity contribution is -0.114. The van der Waals surface area contributed by atoms with E-state index in [1.165, 1.54) is 19.3 Å². The first kappa shape index (κ1) is 21.6. The lowest BCUT2D eigenvalue weighted by atomic mass is 10.2. The van der Waals surface area contributed by atoms with Gasteiger partial charge in [-0.2, -0.15) is 0 Å². The highest BCUT2D eigenvalue weighted by Gasteiger charge is 2.08. The molecular formula is C23H32N2O3.